The first-order chi connectivity index (χ1) is 15.8. The van der Waals surface area contributed by atoms with Crippen molar-refractivity contribution in [2.75, 3.05) is 12.3 Å². The van der Waals surface area contributed by atoms with Crippen LogP contribution in [-0.2, 0) is 24.0 Å². The Bertz CT molecular complexity index is 761. The van der Waals surface area contributed by atoms with Crippen molar-refractivity contribution in [3.63, 3.8) is 0 Å². The summed E-state index contributed by atoms with van der Waals surface area (Å²) in [5, 5.41) is 25.7. The zero-order valence-corrected chi connectivity index (χ0v) is 19.7. The van der Waals surface area contributed by atoms with Gasteiger partial charge >= 0.3 is 5.97 Å². The van der Waals surface area contributed by atoms with Crippen molar-refractivity contribution in [3.05, 3.63) is 0 Å². The minimum Gasteiger partial charge on any atom is -0.480 e. The minimum absolute atomic E-state index is 0.0537. The van der Waals surface area contributed by atoms with Crippen molar-refractivity contribution in [1.82, 2.24) is 16.0 Å². The van der Waals surface area contributed by atoms with Gasteiger partial charge in [0.15, 0.2) is 5.96 Å². The van der Waals surface area contributed by atoms with Crippen LogP contribution in [0, 0.1) is 0 Å². The molecule has 0 rings (SSSR count). The molecule has 13 N–H and O–H groups in total. The molecule has 0 saturated heterocycles. The van der Waals surface area contributed by atoms with Crippen molar-refractivity contribution in [2.24, 2.45) is 27.9 Å². The molecule has 5 unspecified atom stereocenters. The number of carboxylic acid groups (broad SMARTS) is 1. The molecule has 0 radical (unpaired) electrons. The third-order valence-corrected chi connectivity index (χ3v) is 4.88. The molecule has 0 heterocycles. The summed E-state index contributed by atoms with van der Waals surface area (Å²) >= 11 is 4.01. The maximum atomic E-state index is 12.8. The number of guanidine groups is 1. The molecule has 15 nitrogen and oxygen atoms in total. The average Bonchev–Trinajstić information content (AvgIpc) is 2.75. The maximum Gasteiger partial charge on any atom is 0.326 e. The second kappa shape index (κ2) is 15.7. The Morgan fingerprint density at radius 3 is 1.91 bits per heavy atom. The summed E-state index contributed by atoms with van der Waals surface area (Å²) in [5.74, 6) is -4.95. The van der Waals surface area contributed by atoms with Gasteiger partial charge in [0, 0.05) is 18.7 Å². The van der Waals surface area contributed by atoms with Gasteiger partial charge in [0.1, 0.15) is 24.2 Å². The third-order valence-electron chi connectivity index (χ3n) is 4.51. The molecule has 0 bridgehead atoms. The number of carboxylic acids is 1. The molecule has 34 heavy (non-hydrogen) atoms. The Kier molecular flexibility index (Phi) is 14.2. The highest BCUT2D eigenvalue weighted by Gasteiger charge is 2.30. The number of nitrogens with one attached hydrogen (secondary N) is 3. The van der Waals surface area contributed by atoms with Crippen LogP contribution >= 0.6 is 12.6 Å². The van der Waals surface area contributed by atoms with E-state index in [-0.39, 0.29) is 43.9 Å². The molecule has 0 aliphatic rings. The van der Waals surface area contributed by atoms with E-state index in [0.717, 1.165) is 0 Å². The lowest BCUT2D eigenvalue weighted by Crippen LogP contribution is -2.58. The first kappa shape index (κ1) is 30.9. The summed E-state index contributed by atoms with van der Waals surface area (Å²) in [5.41, 5.74) is 21.1. The molecule has 0 fully saturated rings. The summed E-state index contributed by atoms with van der Waals surface area (Å²) < 4.78 is 0. The number of hydrogen-bond acceptors (Lipinski definition) is 9. The van der Waals surface area contributed by atoms with Crippen LogP contribution in [0.4, 0.5) is 0 Å². The van der Waals surface area contributed by atoms with Gasteiger partial charge in [-0.2, -0.15) is 12.6 Å². The molecule has 16 heteroatoms. The minimum atomic E-state index is -1.42. The number of carbonyl (C=O) groups excluding carboxylic acids is 4. The molecule has 0 aliphatic carbocycles. The monoisotopic (exact) mass is 506 g/mol. The van der Waals surface area contributed by atoms with E-state index in [4.69, 9.17) is 22.9 Å². The van der Waals surface area contributed by atoms with Crippen molar-refractivity contribution in [3.8, 4) is 0 Å². The second-order valence-electron chi connectivity index (χ2n) is 7.42. The molecule has 194 valence electrons. The Hall–Kier alpha value is -3.11. The van der Waals surface area contributed by atoms with Crippen LogP contribution in [-0.4, -0.2) is 88.3 Å². The van der Waals surface area contributed by atoms with Gasteiger partial charge in [0.25, 0.3) is 0 Å². The fourth-order valence-corrected chi connectivity index (χ4v) is 2.80. The van der Waals surface area contributed by atoms with Gasteiger partial charge in [0.05, 0.1) is 6.10 Å². The number of aliphatic carboxylic acids is 1. The average molecular weight is 507 g/mol. The molecular formula is C18H34N8O7S. The van der Waals surface area contributed by atoms with Crippen LogP contribution in [0.5, 0.6) is 0 Å². The summed E-state index contributed by atoms with van der Waals surface area (Å²) in [7, 11) is 0. The summed E-state index contributed by atoms with van der Waals surface area (Å²) in [4.78, 5) is 63.6. The first-order valence-corrected chi connectivity index (χ1v) is 11.0. The lowest BCUT2D eigenvalue weighted by molar-refractivity contribution is -0.142. The number of rotatable bonds is 16. The van der Waals surface area contributed by atoms with Gasteiger partial charge in [-0.15, -0.1) is 0 Å². The van der Waals surface area contributed by atoms with Crippen molar-refractivity contribution < 1.29 is 34.2 Å². The number of hydrogen-bond donors (Lipinski definition) is 10. The first-order valence-electron chi connectivity index (χ1n) is 10.3. The Labute approximate surface area is 201 Å². The number of aliphatic hydroxyl groups excluding tert-OH is 1. The fourth-order valence-electron chi connectivity index (χ4n) is 2.54. The van der Waals surface area contributed by atoms with Crippen molar-refractivity contribution >= 4 is 48.2 Å². The zero-order chi connectivity index (χ0) is 26.4. The van der Waals surface area contributed by atoms with E-state index < -0.39 is 59.9 Å². The van der Waals surface area contributed by atoms with Gasteiger partial charge in [-0.3, -0.25) is 24.2 Å². The van der Waals surface area contributed by atoms with Crippen LogP contribution in [0.1, 0.15) is 32.6 Å². The number of carbonyl (C=O) groups is 5. The van der Waals surface area contributed by atoms with E-state index in [1.807, 2.05) is 0 Å². The van der Waals surface area contributed by atoms with Crippen LogP contribution in [0.3, 0.4) is 0 Å². The van der Waals surface area contributed by atoms with E-state index in [2.05, 4.69) is 33.6 Å². The Balaban J connectivity index is 5.35. The number of amides is 4. The zero-order valence-electron chi connectivity index (χ0n) is 18.8. The smallest absolute Gasteiger partial charge is 0.326 e. The predicted molar refractivity (Wildman–Crippen MR) is 125 cm³/mol. The predicted octanol–water partition coefficient (Wildman–Crippen LogP) is -4.52. The maximum absolute atomic E-state index is 12.8. The molecule has 0 aromatic heterocycles. The quantitative estimate of drug-likeness (QED) is 0.0414. The number of nitrogens with two attached hydrogens (primary N) is 4. The highest BCUT2D eigenvalue weighted by Crippen LogP contribution is 2.04. The van der Waals surface area contributed by atoms with Crippen LogP contribution in [0.25, 0.3) is 0 Å². The largest absolute Gasteiger partial charge is 0.480 e. The third kappa shape index (κ3) is 12.2. The van der Waals surface area contributed by atoms with E-state index in [0.29, 0.717) is 0 Å². The SMILES string of the molecule is CC(O)C(N)C(=O)NC(CCCN=C(N)N)C(=O)NC(CS)C(=O)NC(CCC(N)=O)C(=O)O. The normalized spacial score (nSPS) is 15.1. The van der Waals surface area contributed by atoms with Crippen LogP contribution < -0.4 is 38.9 Å². The van der Waals surface area contributed by atoms with Gasteiger partial charge in [-0.1, -0.05) is 0 Å². The van der Waals surface area contributed by atoms with E-state index >= 15 is 0 Å². The summed E-state index contributed by atoms with van der Waals surface area (Å²) in [6.07, 6.45) is -1.38. The molecular weight excluding hydrogens is 472 g/mol. The van der Waals surface area contributed by atoms with E-state index in [9.17, 15) is 34.2 Å². The van der Waals surface area contributed by atoms with E-state index in [1.54, 1.807) is 0 Å². The number of aliphatic imine (C=N–C) groups is 1. The van der Waals surface area contributed by atoms with Crippen LogP contribution in [0.15, 0.2) is 4.99 Å². The molecule has 5 atom stereocenters. The van der Waals surface area contributed by atoms with Gasteiger partial charge < -0.3 is 49.1 Å². The molecule has 0 aromatic rings. The van der Waals surface area contributed by atoms with Gasteiger partial charge in [-0.05, 0) is 26.2 Å². The highest BCUT2D eigenvalue weighted by molar-refractivity contribution is 7.80. The molecule has 0 saturated carbocycles. The van der Waals surface area contributed by atoms with Gasteiger partial charge in [0.2, 0.25) is 23.6 Å². The number of primary amides is 1. The number of aliphatic hydroxyl groups is 1. The summed E-state index contributed by atoms with van der Waals surface area (Å²) in [6.45, 7) is 1.46. The lowest BCUT2D eigenvalue weighted by Gasteiger charge is -2.25. The summed E-state index contributed by atoms with van der Waals surface area (Å²) in [6, 6.07) is -5.17. The second-order valence-corrected chi connectivity index (χ2v) is 7.79. The van der Waals surface area contributed by atoms with Gasteiger partial charge in [-0.25, -0.2) is 4.79 Å². The molecule has 0 spiro atoms. The molecule has 0 aliphatic heterocycles. The molecule has 0 aromatic carbocycles. The molecule has 4 amide bonds. The Morgan fingerprint density at radius 1 is 0.912 bits per heavy atom. The fraction of sp³-hybridized carbons (Fsp3) is 0.667. The lowest BCUT2D eigenvalue weighted by atomic mass is 10.1. The topological polar surface area (TPSA) is 278 Å². The standard InChI is InChI=1S/C18H34N8O7S/c1-8(27)13(20)16(31)24-9(3-2-6-23-18(21)22)14(29)26-11(7-34)15(30)25-10(17(32)33)4-5-12(19)28/h8-11,13,27,34H,2-7,20H2,1H3,(H2,19,28)(H,24,31)(H,25,30)(H,26,29)(H,32,33)(H4,21,22,23). The highest BCUT2D eigenvalue weighted by atomic mass is 32.1. The number of thiol groups is 1. The van der Waals surface area contributed by atoms with Crippen molar-refractivity contribution in [2.45, 2.75) is 62.9 Å². The number of nitrogens with zero attached hydrogens (tertiary/aromatic N) is 1. The Morgan fingerprint density at radius 2 is 1.44 bits per heavy atom. The van der Waals surface area contributed by atoms with Crippen LogP contribution in [0.2, 0.25) is 0 Å². The van der Waals surface area contributed by atoms with Crippen molar-refractivity contribution in [1.29, 1.82) is 0 Å². The van der Waals surface area contributed by atoms with E-state index in [1.165, 1.54) is 6.92 Å².